The van der Waals surface area contributed by atoms with Crippen molar-refractivity contribution in [1.29, 1.82) is 0 Å². The minimum atomic E-state index is -0.113. The van der Waals surface area contributed by atoms with Gasteiger partial charge in [-0.2, -0.15) is 0 Å². The van der Waals surface area contributed by atoms with Gasteiger partial charge in [-0.15, -0.1) is 11.8 Å². The number of rotatable bonds is 5. The maximum absolute atomic E-state index is 11.0. The van der Waals surface area contributed by atoms with Crippen LogP contribution < -0.4 is 5.48 Å². The number of amides is 1. The first kappa shape index (κ1) is 12.5. The molecule has 0 unspecified atom stereocenters. The minimum absolute atomic E-state index is 0.113. The van der Waals surface area contributed by atoms with E-state index in [-0.39, 0.29) is 5.91 Å². The van der Waals surface area contributed by atoms with Crippen LogP contribution in [0.5, 0.6) is 0 Å². The predicted octanol–water partition coefficient (Wildman–Crippen LogP) is 2.36. The fraction of sp³-hybridized carbons (Fsp3) is 0.300. The van der Waals surface area contributed by atoms with Crippen LogP contribution in [0.15, 0.2) is 28.7 Å². The molecule has 0 aliphatic rings. The molecule has 0 aliphatic heterocycles. The van der Waals surface area contributed by atoms with Gasteiger partial charge >= 0.3 is 0 Å². The van der Waals surface area contributed by atoms with Crippen LogP contribution in [0.1, 0.15) is 5.56 Å². The first-order valence-corrected chi connectivity index (χ1v) is 6.31. The number of carbonyl (C=O) groups excluding carboxylic acids is 1. The Balaban J connectivity index is 2.28. The van der Waals surface area contributed by atoms with E-state index in [1.54, 1.807) is 11.8 Å². The van der Waals surface area contributed by atoms with Gasteiger partial charge in [-0.05, 0) is 17.7 Å². The molecular weight excluding hydrogens is 278 g/mol. The van der Waals surface area contributed by atoms with Crippen molar-refractivity contribution in [3.8, 4) is 0 Å². The normalized spacial score (nSPS) is 10.0. The second kappa shape index (κ2) is 6.87. The Kier molecular flexibility index (Phi) is 5.75. The van der Waals surface area contributed by atoms with E-state index in [2.05, 4.69) is 26.2 Å². The van der Waals surface area contributed by atoms with Crippen LogP contribution in [0, 0.1) is 0 Å². The lowest BCUT2D eigenvalue weighted by Gasteiger charge is -2.02. The smallest absolute Gasteiger partial charge is 0.253 e. The molecule has 0 heterocycles. The maximum atomic E-state index is 11.0. The van der Waals surface area contributed by atoms with Gasteiger partial charge in [-0.1, -0.05) is 28.1 Å². The van der Waals surface area contributed by atoms with Gasteiger partial charge in [0.05, 0.1) is 12.9 Å². The molecular formula is C10H12BrNO2S. The maximum Gasteiger partial charge on any atom is 0.253 e. The Labute approximate surface area is 102 Å². The predicted molar refractivity (Wildman–Crippen MR) is 65.5 cm³/mol. The van der Waals surface area contributed by atoms with Crippen molar-refractivity contribution in [2.24, 2.45) is 0 Å². The van der Waals surface area contributed by atoms with Gasteiger partial charge in [-0.3, -0.25) is 9.63 Å². The summed E-state index contributed by atoms with van der Waals surface area (Å²) >= 11 is 4.95. The highest BCUT2D eigenvalue weighted by atomic mass is 79.9. The van der Waals surface area contributed by atoms with Crippen molar-refractivity contribution in [2.75, 3.05) is 12.9 Å². The highest BCUT2D eigenvalue weighted by molar-refractivity contribution is 9.10. The standard InChI is InChI=1S/C10H12BrNO2S/c1-14-12-10(13)7-15-6-8-3-2-4-9(11)5-8/h2-5H,6-7H2,1H3,(H,12,13). The highest BCUT2D eigenvalue weighted by Gasteiger charge is 2.00. The molecule has 1 aromatic carbocycles. The molecule has 0 spiro atoms. The number of carbonyl (C=O) groups is 1. The van der Waals surface area contributed by atoms with Crippen LogP contribution in [-0.2, 0) is 15.4 Å². The molecule has 0 saturated carbocycles. The van der Waals surface area contributed by atoms with E-state index in [0.717, 1.165) is 10.2 Å². The van der Waals surface area contributed by atoms with Crippen molar-refractivity contribution in [3.05, 3.63) is 34.3 Å². The average Bonchev–Trinajstić information content (AvgIpc) is 2.18. The molecule has 0 aliphatic carbocycles. The molecule has 1 amide bonds. The number of thioether (sulfide) groups is 1. The van der Waals surface area contributed by atoms with Gasteiger partial charge in [0, 0.05) is 10.2 Å². The van der Waals surface area contributed by atoms with E-state index in [0.29, 0.717) is 5.75 Å². The quantitative estimate of drug-likeness (QED) is 0.846. The molecule has 1 rings (SSSR count). The van der Waals surface area contributed by atoms with Crippen LogP contribution in [0.4, 0.5) is 0 Å². The monoisotopic (exact) mass is 289 g/mol. The fourth-order valence-electron chi connectivity index (χ4n) is 1.03. The Morgan fingerprint density at radius 3 is 3.07 bits per heavy atom. The molecule has 1 aromatic rings. The van der Waals surface area contributed by atoms with E-state index < -0.39 is 0 Å². The van der Waals surface area contributed by atoms with Crippen LogP contribution in [0.25, 0.3) is 0 Å². The summed E-state index contributed by atoms with van der Waals surface area (Å²) in [4.78, 5) is 15.5. The Morgan fingerprint density at radius 1 is 1.60 bits per heavy atom. The van der Waals surface area contributed by atoms with Gasteiger partial charge < -0.3 is 0 Å². The number of hydrogen-bond donors (Lipinski definition) is 1. The van der Waals surface area contributed by atoms with Crippen molar-refractivity contribution >= 4 is 33.6 Å². The second-order valence-corrected chi connectivity index (χ2v) is 4.75. The van der Waals surface area contributed by atoms with E-state index in [1.165, 1.54) is 12.7 Å². The molecule has 0 bridgehead atoms. The fourth-order valence-corrected chi connectivity index (χ4v) is 2.24. The minimum Gasteiger partial charge on any atom is -0.277 e. The number of halogens is 1. The summed E-state index contributed by atoms with van der Waals surface area (Å²) in [6.07, 6.45) is 0. The van der Waals surface area contributed by atoms with Crippen LogP contribution in [-0.4, -0.2) is 18.8 Å². The summed E-state index contributed by atoms with van der Waals surface area (Å²) in [5.74, 6) is 1.11. The summed E-state index contributed by atoms with van der Waals surface area (Å²) in [6.45, 7) is 0. The molecule has 0 radical (unpaired) electrons. The highest BCUT2D eigenvalue weighted by Crippen LogP contribution is 2.16. The van der Waals surface area contributed by atoms with Gasteiger partial charge in [0.1, 0.15) is 0 Å². The van der Waals surface area contributed by atoms with Crippen LogP contribution in [0.3, 0.4) is 0 Å². The Morgan fingerprint density at radius 2 is 2.40 bits per heavy atom. The molecule has 15 heavy (non-hydrogen) atoms. The van der Waals surface area contributed by atoms with Crippen molar-refractivity contribution in [2.45, 2.75) is 5.75 Å². The van der Waals surface area contributed by atoms with Crippen molar-refractivity contribution in [1.82, 2.24) is 5.48 Å². The van der Waals surface area contributed by atoms with Gasteiger partial charge in [-0.25, -0.2) is 5.48 Å². The summed E-state index contributed by atoms with van der Waals surface area (Å²) < 4.78 is 1.06. The lowest BCUT2D eigenvalue weighted by atomic mass is 10.2. The SMILES string of the molecule is CONC(=O)CSCc1cccc(Br)c1. The first-order valence-electron chi connectivity index (χ1n) is 4.36. The summed E-state index contributed by atoms with van der Waals surface area (Å²) in [5, 5.41) is 0. The van der Waals surface area contributed by atoms with Crippen molar-refractivity contribution in [3.63, 3.8) is 0 Å². The van der Waals surface area contributed by atoms with Gasteiger partial charge in [0.15, 0.2) is 0 Å². The molecule has 5 heteroatoms. The Bertz CT molecular complexity index is 333. The molecule has 82 valence electrons. The Hall–Kier alpha value is -0.520. The van der Waals surface area contributed by atoms with E-state index in [1.807, 2.05) is 24.3 Å². The van der Waals surface area contributed by atoms with Crippen LogP contribution >= 0.6 is 27.7 Å². The summed E-state index contributed by atoms with van der Waals surface area (Å²) in [6, 6.07) is 8.04. The lowest BCUT2D eigenvalue weighted by molar-refractivity contribution is -0.128. The second-order valence-electron chi connectivity index (χ2n) is 2.85. The number of hydrogen-bond acceptors (Lipinski definition) is 3. The number of nitrogens with one attached hydrogen (secondary N) is 1. The van der Waals surface area contributed by atoms with Gasteiger partial charge in [0.2, 0.25) is 0 Å². The third-order valence-corrected chi connectivity index (χ3v) is 3.10. The molecule has 0 fully saturated rings. The van der Waals surface area contributed by atoms with E-state index in [4.69, 9.17) is 0 Å². The third kappa shape index (κ3) is 5.20. The average molecular weight is 290 g/mol. The number of hydroxylamine groups is 1. The topological polar surface area (TPSA) is 38.3 Å². The number of benzene rings is 1. The molecule has 0 saturated heterocycles. The van der Waals surface area contributed by atoms with E-state index >= 15 is 0 Å². The zero-order valence-corrected chi connectivity index (χ0v) is 10.7. The lowest BCUT2D eigenvalue weighted by Crippen LogP contribution is -2.23. The first-order chi connectivity index (χ1) is 7.22. The molecule has 1 N–H and O–H groups in total. The zero-order chi connectivity index (χ0) is 11.1. The largest absolute Gasteiger partial charge is 0.277 e. The molecule has 0 atom stereocenters. The van der Waals surface area contributed by atoms with Crippen molar-refractivity contribution < 1.29 is 9.63 Å². The van der Waals surface area contributed by atoms with Crippen LogP contribution in [0.2, 0.25) is 0 Å². The summed E-state index contributed by atoms with van der Waals surface area (Å²) in [7, 11) is 1.43. The van der Waals surface area contributed by atoms with Gasteiger partial charge in [0.25, 0.3) is 5.91 Å². The van der Waals surface area contributed by atoms with E-state index in [9.17, 15) is 4.79 Å². The summed E-state index contributed by atoms with van der Waals surface area (Å²) in [5.41, 5.74) is 3.47. The molecule has 0 aromatic heterocycles. The zero-order valence-electron chi connectivity index (χ0n) is 8.33. The third-order valence-electron chi connectivity index (χ3n) is 1.61. The molecule has 3 nitrogen and oxygen atoms in total.